The van der Waals surface area contributed by atoms with Gasteiger partial charge in [-0.05, 0) is 61.5 Å². The fraction of sp³-hybridized carbons (Fsp3) is 0.150. The number of anilines is 1. The van der Waals surface area contributed by atoms with Crippen LogP contribution in [-0.4, -0.2) is 19.1 Å². The maximum atomic E-state index is 4.49. The van der Waals surface area contributed by atoms with Crippen LogP contribution in [0.1, 0.15) is 4.88 Å². The Kier molecular flexibility index (Phi) is 5.23. The van der Waals surface area contributed by atoms with Crippen LogP contribution < -0.4 is 4.90 Å². The van der Waals surface area contributed by atoms with E-state index in [0.717, 1.165) is 32.3 Å². The summed E-state index contributed by atoms with van der Waals surface area (Å²) in [6, 6.07) is 17.5. The molecule has 0 saturated heterocycles. The van der Waals surface area contributed by atoms with Crippen molar-refractivity contribution in [3.8, 4) is 0 Å². The van der Waals surface area contributed by atoms with Gasteiger partial charge in [-0.15, -0.1) is 21.6 Å². The summed E-state index contributed by atoms with van der Waals surface area (Å²) in [4.78, 5) is 8.81. The number of nitrogens with zero attached hydrogens (tertiary/aromatic N) is 6. The highest BCUT2D eigenvalue weighted by atomic mass is 32.1. The molecule has 0 amide bonds. The predicted octanol–water partition coefficient (Wildman–Crippen LogP) is 7.56. The fourth-order valence-corrected chi connectivity index (χ4v) is 4.44. The lowest BCUT2D eigenvalue weighted by molar-refractivity contribution is 1.13. The van der Waals surface area contributed by atoms with Crippen molar-refractivity contribution >= 4 is 60.1 Å². The summed E-state index contributed by atoms with van der Waals surface area (Å²) in [6.45, 7) is 2.08. The van der Waals surface area contributed by atoms with E-state index in [2.05, 4.69) is 38.4 Å². The van der Waals surface area contributed by atoms with Gasteiger partial charge in [0.2, 0.25) is 5.13 Å². The third kappa shape index (κ3) is 4.29. The normalized spacial score (nSPS) is 11.8. The Hall–Kier alpha value is -2.97. The van der Waals surface area contributed by atoms with Gasteiger partial charge < -0.3 is 4.90 Å². The Morgan fingerprint density at radius 2 is 1.29 bits per heavy atom. The zero-order valence-electron chi connectivity index (χ0n) is 15.7. The molecule has 2 heterocycles. The maximum absolute atomic E-state index is 4.49. The average Bonchev–Trinajstić information content (AvgIpc) is 3.22. The largest absolute Gasteiger partial charge is 0.378 e. The Morgan fingerprint density at radius 1 is 0.750 bits per heavy atom. The molecule has 0 saturated carbocycles. The van der Waals surface area contributed by atoms with Crippen LogP contribution in [0, 0.1) is 6.92 Å². The molecule has 4 rings (SSSR count). The zero-order chi connectivity index (χ0) is 19.5. The van der Waals surface area contributed by atoms with Crippen LogP contribution in [0.2, 0.25) is 0 Å². The van der Waals surface area contributed by atoms with E-state index >= 15 is 0 Å². The highest BCUT2D eigenvalue weighted by Crippen LogP contribution is 2.34. The van der Waals surface area contributed by atoms with Gasteiger partial charge >= 0.3 is 0 Å². The summed E-state index contributed by atoms with van der Waals surface area (Å²) in [5, 5.41) is 17.7. The molecule has 0 fully saturated rings. The molecule has 2 aromatic carbocycles. The minimum atomic E-state index is 0.672. The van der Waals surface area contributed by atoms with Gasteiger partial charge in [0.1, 0.15) is 4.83 Å². The Balaban J connectivity index is 1.42. The molecule has 0 aliphatic rings. The van der Waals surface area contributed by atoms with E-state index in [1.165, 1.54) is 4.88 Å². The minimum Gasteiger partial charge on any atom is -0.378 e. The van der Waals surface area contributed by atoms with Crippen LogP contribution in [0.5, 0.6) is 0 Å². The fourth-order valence-electron chi connectivity index (χ4n) is 2.50. The second-order valence-corrected chi connectivity index (χ2v) is 8.59. The van der Waals surface area contributed by atoms with E-state index in [-0.39, 0.29) is 0 Å². The van der Waals surface area contributed by atoms with E-state index in [4.69, 9.17) is 0 Å². The Morgan fingerprint density at radius 3 is 1.82 bits per heavy atom. The summed E-state index contributed by atoms with van der Waals surface area (Å²) in [6.07, 6.45) is 0. The van der Waals surface area contributed by atoms with E-state index in [0.29, 0.717) is 5.13 Å². The molecule has 140 valence electrons. The molecule has 0 N–H and O–H groups in total. The minimum absolute atomic E-state index is 0.672. The molecular formula is C20H18N6S2. The first kappa shape index (κ1) is 18.4. The highest BCUT2D eigenvalue weighted by Gasteiger charge is 2.05. The number of thiophene rings is 1. The van der Waals surface area contributed by atoms with Crippen LogP contribution in [0.4, 0.5) is 27.9 Å². The van der Waals surface area contributed by atoms with Crippen molar-refractivity contribution in [1.29, 1.82) is 0 Å². The molecule has 28 heavy (non-hydrogen) atoms. The van der Waals surface area contributed by atoms with E-state index in [1.807, 2.05) is 67.5 Å². The number of benzene rings is 2. The molecule has 0 aliphatic carbocycles. The molecule has 0 radical (unpaired) electrons. The van der Waals surface area contributed by atoms with Crippen molar-refractivity contribution in [3.05, 3.63) is 59.5 Å². The first-order chi connectivity index (χ1) is 13.6. The van der Waals surface area contributed by atoms with E-state index in [1.54, 1.807) is 22.7 Å². The molecule has 0 spiro atoms. The van der Waals surface area contributed by atoms with Crippen molar-refractivity contribution in [2.45, 2.75) is 6.92 Å². The highest BCUT2D eigenvalue weighted by molar-refractivity contribution is 7.28. The summed E-state index contributed by atoms with van der Waals surface area (Å²) in [5.74, 6) is 0. The Bertz CT molecular complexity index is 1110. The molecule has 6 nitrogen and oxygen atoms in total. The Labute approximate surface area is 170 Å². The van der Waals surface area contributed by atoms with Gasteiger partial charge in [0, 0.05) is 24.7 Å². The molecule has 0 atom stereocenters. The van der Waals surface area contributed by atoms with Gasteiger partial charge in [0.05, 0.1) is 21.8 Å². The number of thiazole rings is 1. The quantitative estimate of drug-likeness (QED) is 0.321. The van der Waals surface area contributed by atoms with Crippen LogP contribution in [0.25, 0.3) is 9.53 Å². The summed E-state index contributed by atoms with van der Waals surface area (Å²) in [7, 11) is 4.02. The maximum Gasteiger partial charge on any atom is 0.231 e. The number of azo groups is 2. The van der Waals surface area contributed by atoms with Crippen LogP contribution in [-0.2, 0) is 0 Å². The predicted molar refractivity (Wildman–Crippen MR) is 118 cm³/mol. The lowest BCUT2D eigenvalue weighted by Gasteiger charge is -2.11. The molecule has 0 unspecified atom stereocenters. The number of rotatable bonds is 5. The SMILES string of the molecule is Cc1cc2sc(N=Nc3ccc(N=Nc4ccc(N(C)C)cc4)cc3)nc2s1. The van der Waals surface area contributed by atoms with Crippen molar-refractivity contribution in [3.63, 3.8) is 0 Å². The van der Waals surface area contributed by atoms with Gasteiger partial charge in [-0.2, -0.15) is 10.2 Å². The molecule has 4 aromatic rings. The third-order valence-electron chi connectivity index (χ3n) is 3.95. The average molecular weight is 407 g/mol. The van der Waals surface area contributed by atoms with Gasteiger partial charge in [-0.25, -0.2) is 4.98 Å². The molecular weight excluding hydrogens is 388 g/mol. The summed E-state index contributed by atoms with van der Waals surface area (Å²) in [5.41, 5.74) is 3.46. The van der Waals surface area contributed by atoms with Crippen LogP contribution in [0.3, 0.4) is 0 Å². The number of fused-ring (bicyclic) bond motifs is 1. The number of hydrogen-bond acceptors (Lipinski definition) is 8. The van der Waals surface area contributed by atoms with Crippen molar-refractivity contribution < 1.29 is 0 Å². The zero-order valence-corrected chi connectivity index (χ0v) is 17.3. The van der Waals surface area contributed by atoms with Crippen LogP contribution >= 0.6 is 22.7 Å². The van der Waals surface area contributed by atoms with E-state index in [9.17, 15) is 0 Å². The van der Waals surface area contributed by atoms with Gasteiger partial charge in [0.25, 0.3) is 0 Å². The van der Waals surface area contributed by atoms with Crippen molar-refractivity contribution in [2.24, 2.45) is 20.5 Å². The lowest BCUT2D eigenvalue weighted by atomic mass is 10.3. The topological polar surface area (TPSA) is 65.6 Å². The first-order valence-electron chi connectivity index (χ1n) is 8.65. The summed E-state index contributed by atoms with van der Waals surface area (Å²) < 4.78 is 1.16. The smallest absolute Gasteiger partial charge is 0.231 e. The van der Waals surface area contributed by atoms with Crippen molar-refractivity contribution in [2.75, 3.05) is 19.0 Å². The molecule has 2 aromatic heterocycles. The second-order valence-electron chi connectivity index (χ2n) is 6.35. The van der Waals surface area contributed by atoms with Crippen molar-refractivity contribution in [1.82, 2.24) is 4.98 Å². The van der Waals surface area contributed by atoms with E-state index < -0.39 is 0 Å². The third-order valence-corrected chi connectivity index (χ3v) is 5.91. The monoisotopic (exact) mass is 406 g/mol. The number of aromatic nitrogens is 1. The summed E-state index contributed by atoms with van der Waals surface area (Å²) >= 11 is 3.23. The molecule has 8 heteroatoms. The van der Waals surface area contributed by atoms with Gasteiger partial charge in [-0.3, -0.25) is 0 Å². The lowest BCUT2D eigenvalue weighted by Crippen LogP contribution is -2.07. The second kappa shape index (κ2) is 7.95. The van der Waals surface area contributed by atoms with Crippen LogP contribution in [0.15, 0.2) is 75.1 Å². The number of hydrogen-bond donors (Lipinski definition) is 0. The molecule has 0 bridgehead atoms. The molecule has 0 aliphatic heterocycles. The number of aryl methyl sites for hydroxylation is 1. The van der Waals surface area contributed by atoms with Gasteiger partial charge in [0.15, 0.2) is 0 Å². The van der Waals surface area contributed by atoms with Gasteiger partial charge in [-0.1, -0.05) is 11.3 Å². The first-order valence-corrected chi connectivity index (χ1v) is 10.3. The standard InChI is InChI=1S/C20H18N6S2/c1-13-12-18-19(27-13)21-20(28-18)25-24-15-6-4-14(5-7-15)22-23-16-8-10-17(11-9-16)26(2)3/h4-12H,1-3H3.